The van der Waals surface area contributed by atoms with Crippen molar-refractivity contribution < 1.29 is 4.79 Å². The second-order valence-corrected chi connectivity index (χ2v) is 4.23. The van der Waals surface area contributed by atoms with Crippen molar-refractivity contribution in [3.05, 3.63) is 29.8 Å². The monoisotopic (exact) mass is 214 g/mol. The van der Waals surface area contributed by atoms with Gasteiger partial charge in [-0.05, 0) is 25.6 Å². The quantitative estimate of drug-likeness (QED) is 0.555. The summed E-state index contributed by atoms with van der Waals surface area (Å²) in [6, 6.07) is 8.06. The maximum absolute atomic E-state index is 10.9. The largest absolute Gasteiger partial charge is 0.369 e. The van der Waals surface area contributed by atoms with Gasteiger partial charge in [-0.2, -0.15) is 0 Å². The average Bonchev–Trinajstić information content (AvgIpc) is 2.78. The molecule has 0 amide bonds. The summed E-state index contributed by atoms with van der Waals surface area (Å²) < 4.78 is 0. The third-order valence-electron chi connectivity index (χ3n) is 3.14. The number of hydrogen-bond acceptors (Lipinski definition) is 3. The highest BCUT2D eigenvalue weighted by Gasteiger charge is 2.24. The Morgan fingerprint density at radius 3 is 2.88 bits per heavy atom. The summed E-state index contributed by atoms with van der Waals surface area (Å²) in [5.41, 5.74) is 1.77. The number of para-hydroxylation sites is 1. The van der Waals surface area contributed by atoms with Crippen molar-refractivity contribution in [3.8, 4) is 0 Å². The van der Waals surface area contributed by atoms with Crippen LogP contribution in [0.3, 0.4) is 0 Å². The Labute approximate surface area is 97.5 Å². The third-order valence-corrected chi connectivity index (χ3v) is 3.14. The number of anilines is 1. The smallest absolute Gasteiger partial charge is 0.182 e. The summed E-state index contributed by atoms with van der Waals surface area (Å²) in [6.07, 6.45) is 1.95. The second-order valence-electron chi connectivity index (χ2n) is 4.23. The van der Waals surface area contributed by atoms with Gasteiger partial charge in [0, 0.05) is 30.4 Å². The highest BCUT2D eigenvalue weighted by molar-refractivity contribution is 6.04. The zero-order valence-electron chi connectivity index (χ0n) is 9.47. The van der Waals surface area contributed by atoms with E-state index in [-0.39, 0.29) is 0 Å². The van der Waals surface area contributed by atoms with Crippen molar-refractivity contribution >= 4 is 20.0 Å². The molecule has 1 aliphatic rings. The molecule has 1 aromatic rings. The number of hydrogen-bond donors (Lipinski definition) is 0. The van der Waals surface area contributed by atoms with E-state index in [0.29, 0.717) is 6.04 Å². The Kier molecular flexibility index (Phi) is 3.29. The van der Waals surface area contributed by atoms with E-state index in [9.17, 15) is 4.79 Å². The van der Waals surface area contributed by atoms with Crippen LogP contribution in [0.15, 0.2) is 24.3 Å². The molecular weight excluding hydrogens is 199 g/mol. The van der Waals surface area contributed by atoms with Crippen LogP contribution < -0.4 is 4.90 Å². The van der Waals surface area contributed by atoms with E-state index in [1.54, 1.807) is 4.81 Å². The maximum Gasteiger partial charge on any atom is 0.182 e. The van der Waals surface area contributed by atoms with Crippen LogP contribution in [0.4, 0.5) is 5.69 Å². The minimum Gasteiger partial charge on any atom is -0.369 e. The number of carbonyl (C=O) groups excluding carboxylic acids is 1. The van der Waals surface area contributed by atoms with Gasteiger partial charge in [-0.3, -0.25) is 4.79 Å². The summed E-state index contributed by atoms with van der Waals surface area (Å²) in [5.74, 6) is 0. The predicted octanol–water partition coefficient (Wildman–Crippen LogP) is 1.09. The van der Waals surface area contributed by atoms with Crippen molar-refractivity contribution in [2.75, 3.05) is 25.0 Å². The summed E-state index contributed by atoms with van der Waals surface area (Å²) in [4.78, 5) is 14.9. The van der Waals surface area contributed by atoms with Crippen LogP contribution in [0.25, 0.3) is 0 Å². The minimum absolute atomic E-state index is 0.375. The van der Waals surface area contributed by atoms with E-state index >= 15 is 0 Å². The number of aldehydes is 1. The Bertz CT molecular complexity index is 381. The fourth-order valence-corrected chi connectivity index (χ4v) is 2.17. The summed E-state index contributed by atoms with van der Waals surface area (Å²) in [5, 5.41) is 0. The lowest BCUT2D eigenvalue weighted by Gasteiger charge is -2.23. The molecule has 1 atom stereocenters. The number of nitrogens with zero attached hydrogens (tertiary/aromatic N) is 2. The first kappa shape index (κ1) is 11.2. The molecule has 0 aromatic heterocycles. The lowest BCUT2D eigenvalue weighted by Crippen LogP contribution is -2.32. The predicted molar refractivity (Wildman–Crippen MR) is 66.0 cm³/mol. The first-order valence-electron chi connectivity index (χ1n) is 5.49. The molecule has 2 radical (unpaired) electrons. The van der Waals surface area contributed by atoms with Crippen molar-refractivity contribution in [2.45, 2.75) is 12.5 Å². The second kappa shape index (κ2) is 4.70. The molecule has 0 N–H and O–H groups in total. The van der Waals surface area contributed by atoms with E-state index < -0.39 is 0 Å². The highest BCUT2D eigenvalue weighted by atomic mass is 16.1. The van der Waals surface area contributed by atoms with Gasteiger partial charge in [0.05, 0.1) is 0 Å². The van der Waals surface area contributed by atoms with Crippen LogP contribution in [-0.4, -0.2) is 45.3 Å². The van der Waals surface area contributed by atoms with Crippen LogP contribution in [-0.2, 0) is 0 Å². The lowest BCUT2D eigenvalue weighted by molar-refractivity contribution is 0.112. The summed E-state index contributed by atoms with van der Waals surface area (Å²) in [6.45, 7) is 1.84. The third kappa shape index (κ3) is 2.12. The molecule has 0 aliphatic carbocycles. The Morgan fingerprint density at radius 1 is 1.50 bits per heavy atom. The van der Waals surface area contributed by atoms with Crippen LogP contribution in [0.1, 0.15) is 16.8 Å². The Morgan fingerprint density at radius 2 is 2.25 bits per heavy atom. The van der Waals surface area contributed by atoms with Crippen LogP contribution >= 0.6 is 0 Å². The number of carbonyl (C=O) groups is 1. The van der Waals surface area contributed by atoms with Crippen molar-refractivity contribution in [1.29, 1.82) is 0 Å². The molecule has 4 heteroatoms. The van der Waals surface area contributed by atoms with Gasteiger partial charge < -0.3 is 9.71 Å². The molecule has 1 aliphatic heterocycles. The Balaban J connectivity index is 2.17. The summed E-state index contributed by atoms with van der Waals surface area (Å²) >= 11 is 0. The zero-order chi connectivity index (χ0) is 11.5. The molecule has 0 saturated carbocycles. The topological polar surface area (TPSA) is 23.6 Å². The molecule has 1 unspecified atom stereocenters. The van der Waals surface area contributed by atoms with Crippen LogP contribution in [0.2, 0.25) is 0 Å². The molecule has 0 spiro atoms. The molecule has 0 bridgehead atoms. The van der Waals surface area contributed by atoms with Crippen LogP contribution in [0.5, 0.6) is 0 Å². The number of rotatable bonds is 3. The molecule has 1 aromatic carbocycles. The van der Waals surface area contributed by atoms with Crippen LogP contribution in [0, 0.1) is 0 Å². The van der Waals surface area contributed by atoms with E-state index in [4.69, 9.17) is 7.98 Å². The zero-order valence-corrected chi connectivity index (χ0v) is 9.47. The summed E-state index contributed by atoms with van der Waals surface area (Å²) in [7, 11) is 7.63. The molecule has 1 fully saturated rings. The molecular formula is C12H15BN2O. The fourth-order valence-electron chi connectivity index (χ4n) is 2.17. The van der Waals surface area contributed by atoms with Gasteiger partial charge in [0.1, 0.15) is 0 Å². The van der Waals surface area contributed by atoms with E-state index in [1.807, 2.05) is 31.3 Å². The SMILES string of the molecule is [B]N(C)C1CCN(c2ccccc2C=O)C1. The Hall–Kier alpha value is -1.29. The van der Waals surface area contributed by atoms with Gasteiger partial charge in [-0.15, -0.1) is 0 Å². The molecule has 1 heterocycles. The van der Waals surface area contributed by atoms with Crippen molar-refractivity contribution in [3.63, 3.8) is 0 Å². The lowest BCUT2D eigenvalue weighted by atomic mass is 10.1. The molecule has 3 nitrogen and oxygen atoms in total. The van der Waals surface area contributed by atoms with Gasteiger partial charge in [0.25, 0.3) is 0 Å². The number of benzene rings is 1. The van der Waals surface area contributed by atoms with Gasteiger partial charge in [-0.25, -0.2) is 0 Å². The standard InChI is InChI=1S/C12H15BN2O/c1-14(13)11-6-7-15(8-11)12-5-3-2-4-10(12)9-16/h2-5,9,11H,6-8H2,1H3. The van der Waals surface area contributed by atoms with Gasteiger partial charge in [0.2, 0.25) is 0 Å². The first-order chi connectivity index (χ1) is 7.72. The van der Waals surface area contributed by atoms with E-state index in [1.165, 1.54) is 0 Å². The first-order valence-corrected chi connectivity index (χ1v) is 5.49. The molecule has 1 saturated heterocycles. The van der Waals surface area contributed by atoms with Gasteiger partial charge in [0.15, 0.2) is 14.3 Å². The van der Waals surface area contributed by atoms with Gasteiger partial charge >= 0.3 is 0 Å². The van der Waals surface area contributed by atoms with Crippen molar-refractivity contribution in [1.82, 2.24) is 4.81 Å². The fraction of sp³-hybridized carbons (Fsp3) is 0.417. The minimum atomic E-state index is 0.375. The molecule has 16 heavy (non-hydrogen) atoms. The van der Waals surface area contributed by atoms with Crippen molar-refractivity contribution in [2.24, 2.45) is 0 Å². The number of likely N-dealkylation sites (N-methyl/N-ethyl adjacent to an activating group) is 1. The van der Waals surface area contributed by atoms with E-state index in [2.05, 4.69) is 4.90 Å². The normalized spacial score (nSPS) is 20.4. The van der Waals surface area contributed by atoms with Gasteiger partial charge in [-0.1, -0.05) is 12.1 Å². The molecule has 2 rings (SSSR count). The average molecular weight is 214 g/mol. The maximum atomic E-state index is 10.9. The molecule has 82 valence electrons. The highest BCUT2D eigenvalue weighted by Crippen LogP contribution is 2.24. The van der Waals surface area contributed by atoms with E-state index in [0.717, 1.165) is 37.0 Å².